The van der Waals surface area contributed by atoms with Crippen LogP contribution in [0.2, 0.25) is 0 Å². The van der Waals surface area contributed by atoms with Crippen molar-refractivity contribution in [2.75, 3.05) is 17.7 Å². The number of hydrogen-bond acceptors (Lipinski definition) is 8. The average molecular weight is 458 g/mol. The molecule has 2 heterocycles. The lowest BCUT2D eigenvalue weighted by molar-refractivity contribution is -0.140. The molecule has 2 aromatic carbocycles. The Balaban J connectivity index is 1.36. The summed E-state index contributed by atoms with van der Waals surface area (Å²) in [6, 6.07) is 12.7. The van der Waals surface area contributed by atoms with Crippen LogP contribution >= 0.6 is 23.1 Å². The van der Waals surface area contributed by atoms with E-state index in [4.69, 9.17) is 9.15 Å². The number of amides is 1. The van der Waals surface area contributed by atoms with Crippen molar-refractivity contribution in [3.8, 4) is 0 Å². The Labute approximate surface area is 185 Å². The quantitative estimate of drug-likeness (QED) is 0.243. The number of nitrogens with zero attached hydrogens (tertiary/aromatic N) is 2. The minimum atomic E-state index is -0.473. The number of benzene rings is 2. The SMILES string of the molecule is CC(=O)OCCSc1nc2ccc(NC(=O)CCn3c(=O)oc4ccccc43)cc2s1. The lowest BCUT2D eigenvalue weighted by atomic mass is 10.3. The fourth-order valence-electron chi connectivity index (χ4n) is 3.02. The Morgan fingerprint density at radius 2 is 2.10 bits per heavy atom. The highest BCUT2D eigenvalue weighted by Crippen LogP contribution is 2.31. The first kappa shape index (κ1) is 21.1. The second kappa shape index (κ2) is 9.36. The molecule has 160 valence electrons. The van der Waals surface area contributed by atoms with Gasteiger partial charge in [-0.3, -0.25) is 14.2 Å². The standard InChI is InChI=1S/C21H19N3O5S2/c1-13(25)28-10-11-30-20-23-15-7-6-14(12-18(15)31-20)22-19(26)8-9-24-16-4-2-3-5-17(16)29-21(24)27/h2-7,12H,8-11H2,1H3,(H,22,26). The number of ether oxygens (including phenoxy) is 1. The van der Waals surface area contributed by atoms with Crippen LogP contribution in [0.15, 0.2) is 56.0 Å². The first-order chi connectivity index (χ1) is 15.0. The van der Waals surface area contributed by atoms with Gasteiger partial charge in [0.15, 0.2) is 9.92 Å². The smallest absolute Gasteiger partial charge is 0.419 e. The van der Waals surface area contributed by atoms with Crippen LogP contribution in [0.3, 0.4) is 0 Å². The molecule has 1 N–H and O–H groups in total. The molecule has 0 fully saturated rings. The number of para-hydroxylation sites is 2. The van der Waals surface area contributed by atoms with E-state index in [0.29, 0.717) is 29.1 Å². The number of oxazole rings is 1. The van der Waals surface area contributed by atoms with Gasteiger partial charge >= 0.3 is 11.7 Å². The first-order valence-corrected chi connectivity index (χ1v) is 11.3. The summed E-state index contributed by atoms with van der Waals surface area (Å²) in [5, 5.41) is 2.87. The molecule has 0 radical (unpaired) electrons. The number of nitrogens with one attached hydrogen (secondary N) is 1. The zero-order chi connectivity index (χ0) is 21.8. The van der Waals surface area contributed by atoms with Crippen LogP contribution in [-0.4, -0.2) is 33.8 Å². The van der Waals surface area contributed by atoms with E-state index >= 15 is 0 Å². The third kappa shape index (κ3) is 5.15. The number of aromatic nitrogens is 2. The molecular weight excluding hydrogens is 438 g/mol. The summed E-state index contributed by atoms with van der Waals surface area (Å²) in [7, 11) is 0. The number of rotatable bonds is 8. The number of anilines is 1. The summed E-state index contributed by atoms with van der Waals surface area (Å²) >= 11 is 3.03. The summed E-state index contributed by atoms with van der Waals surface area (Å²) in [6.45, 7) is 1.95. The van der Waals surface area contributed by atoms with Crippen LogP contribution in [0.25, 0.3) is 21.3 Å². The largest absolute Gasteiger partial charge is 0.465 e. The Hall–Kier alpha value is -3.11. The monoisotopic (exact) mass is 457 g/mol. The first-order valence-electron chi connectivity index (χ1n) is 9.54. The van der Waals surface area contributed by atoms with E-state index in [1.165, 1.54) is 34.6 Å². The summed E-state index contributed by atoms with van der Waals surface area (Å²) in [4.78, 5) is 39.8. The van der Waals surface area contributed by atoms with Crippen LogP contribution in [0.1, 0.15) is 13.3 Å². The predicted molar refractivity (Wildman–Crippen MR) is 121 cm³/mol. The van der Waals surface area contributed by atoms with Crippen molar-refractivity contribution in [1.82, 2.24) is 9.55 Å². The second-order valence-corrected chi connectivity index (χ2v) is 9.01. The van der Waals surface area contributed by atoms with E-state index in [-0.39, 0.29) is 24.8 Å². The van der Waals surface area contributed by atoms with E-state index in [9.17, 15) is 14.4 Å². The highest BCUT2D eigenvalue weighted by atomic mass is 32.2. The summed E-state index contributed by atoms with van der Waals surface area (Å²) in [6.07, 6.45) is 0.140. The molecule has 0 aliphatic rings. The molecule has 31 heavy (non-hydrogen) atoms. The van der Waals surface area contributed by atoms with Crippen LogP contribution in [0, 0.1) is 0 Å². The number of thiazole rings is 1. The minimum absolute atomic E-state index is 0.140. The van der Waals surface area contributed by atoms with Crippen molar-refractivity contribution < 1.29 is 18.7 Å². The topological polar surface area (TPSA) is 103 Å². The molecule has 0 unspecified atom stereocenters. The normalized spacial score (nSPS) is 11.1. The fraction of sp³-hybridized carbons (Fsp3) is 0.238. The lowest BCUT2D eigenvalue weighted by Crippen LogP contribution is -2.19. The van der Waals surface area contributed by atoms with Gasteiger partial charge in [-0.15, -0.1) is 11.3 Å². The second-order valence-electron chi connectivity index (χ2n) is 6.64. The number of hydrogen-bond donors (Lipinski definition) is 1. The van der Waals surface area contributed by atoms with Crippen molar-refractivity contribution in [2.45, 2.75) is 24.2 Å². The molecule has 1 amide bonds. The van der Waals surface area contributed by atoms with Gasteiger partial charge in [-0.05, 0) is 30.3 Å². The van der Waals surface area contributed by atoms with Crippen molar-refractivity contribution in [3.63, 3.8) is 0 Å². The molecule has 0 spiro atoms. The van der Waals surface area contributed by atoms with E-state index in [1.807, 2.05) is 18.2 Å². The molecule has 0 bridgehead atoms. The van der Waals surface area contributed by atoms with E-state index in [1.54, 1.807) is 24.3 Å². The summed E-state index contributed by atoms with van der Waals surface area (Å²) in [5.41, 5.74) is 2.69. The number of carbonyl (C=O) groups is 2. The van der Waals surface area contributed by atoms with Crippen LogP contribution < -0.4 is 11.1 Å². The number of esters is 1. The molecule has 0 saturated heterocycles. The van der Waals surface area contributed by atoms with E-state index in [2.05, 4.69) is 10.3 Å². The van der Waals surface area contributed by atoms with Gasteiger partial charge in [0.1, 0.15) is 6.61 Å². The Kier molecular flexibility index (Phi) is 6.38. The van der Waals surface area contributed by atoms with E-state index in [0.717, 1.165) is 14.6 Å². The maximum absolute atomic E-state index is 12.4. The van der Waals surface area contributed by atoms with Gasteiger partial charge < -0.3 is 14.5 Å². The van der Waals surface area contributed by atoms with Crippen molar-refractivity contribution >= 4 is 62.0 Å². The van der Waals surface area contributed by atoms with Gasteiger partial charge in [0.2, 0.25) is 5.91 Å². The third-order valence-corrected chi connectivity index (χ3v) is 6.53. The summed E-state index contributed by atoms with van der Waals surface area (Å²) in [5.74, 6) is -0.336. The van der Waals surface area contributed by atoms with Gasteiger partial charge in [0, 0.05) is 31.3 Å². The molecule has 2 aromatic heterocycles. The Morgan fingerprint density at radius 3 is 2.94 bits per heavy atom. The molecule has 0 saturated carbocycles. The molecule has 4 aromatic rings. The Bertz CT molecular complexity index is 1310. The molecule has 10 heteroatoms. The van der Waals surface area contributed by atoms with Crippen molar-refractivity contribution in [1.29, 1.82) is 0 Å². The molecule has 0 aliphatic heterocycles. The maximum Gasteiger partial charge on any atom is 0.419 e. The van der Waals surface area contributed by atoms with Crippen LogP contribution in [0.5, 0.6) is 0 Å². The molecule has 8 nitrogen and oxygen atoms in total. The third-order valence-electron chi connectivity index (χ3n) is 4.40. The number of thioether (sulfide) groups is 1. The highest BCUT2D eigenvalue weighted by Gasteiger charge is 2.11. The zero-order valence-corrected chi connectivity index (χ0v) is 18.3. The molecule has 4 rings (SSSR count). The minimum Gasteiger partial charge on any atom is -0.465 e. The van der Waals surface area contributed by atoms with Gasteiger partial charge in [-0.2, -0.15) is 0 Å². The number of carbonyl (C=O) groups excluding carboxylic acids is 2. The Morgan fingerprint density at radius 1 is 1.26 bits per heavy atom. The van der Waals surface area contributed by atoms with Gasteiger partial charge in [0.25, 0.3) is 0 Å². The van der Waals surface area contributed by atoms with Crippen LogP contribution in [0.4, 0.5) is 5.69 Å². The zero-order valence-electron chi connectivity index (χ0n) is 16.6. The highest BCUT2D eigenvalue weighted by molar-refractivity contribution is 8.01. The summed E-state index contributed by atoms with van der Waals surface area (Å²) < 4.78 is 13.4. The molecular formula is C21H19N3O5S2. The predicted octanol–water partition coefficient (Wildman–Crippen LogP) is 3.89. The van der Waals surface area contributed by atoms with Gasteiger partial charge in [0.05, 0.1) is 15.7 Å². The molecule has 0 aliphatic carbocycles. The van der Waals surface area contributed by atoms with Crippen LogP contribution in [-0.2, 0) is 20.9 Å². The maximum atomic E-state index is 12.4. The average Bonchev–Trinajstić information content (AvgIpc) is 3.28. The van der Waals surface area contributed by atoms with E-state index < -0.39 is 5.76 Å². The van der Waals surface area contributed by atoms with Gasteiger partial charge in [-0.25, -0.2) is 9.78 Å². The molecule has 0 atom stereocenters. The van der Waals surface area contributed by atoms with Gasteiger partial charge in [-0.1, -0.05) is 23.9 Å². The fourth-order valence-corrected chi connectivity index (χ4v) is 5.02. The number of fused-ring (bicyclic) bond motifs is 2. The lowest BCUT2D eigenvalue weighted by Gasteiger charge is -2.05. The van der Waals surface area contributed by atoms with Crippen molar-refractivity contribution in [3.05, 3.63) is 53.0 Å². The number of aryl methyl sites for hydroxylation is 1. The van der Waals surface area contributed by atoms with Crippen molar-refractivity contribution in [2.24, 2.45) is 0 Å².